The molecule has 0 amide bonds. The van der Waals surface area contributed by atoms with Gasteiger partial charge in [0.25, 0.3) is 0 Å². The number of thioether (sulfide) groups is 1. The summed E-state index contributed by atoms with van der Waals surface area (Å²) in [6.07, 6.45) is 0. The second-order valence-electron chi connectivity index (χ2n) is 2.54. The molecule has 0 aliphatic carbocycles. The van der Waals surface area contributed by atoms with E-state index >= 15 is 0 Å². The third-order valence-corrected chi connectivity index (χ3v) is 3.61. The van der Waals surface area contributed by atoms with Gasteiger partial charge in [-0.25, -0.2) is 0 Å². The number of hydrogen-bond acceptors (Lipinski definition) is 4. The second kappa shape index (κ2) is 5.26. The van der Waals surface area contributed by atoms with Crippen LogP contribution in [0.25, 0.3) is 0 Å². The van der Waals surface area contributed by atoms with Gasteiger partial charge < -0.3 is 10.8 Å². The largest absolute Gasteiger partial charge is 0.480 e. The van der Waals surface area contributed by atoms with Crippen LogP contribution in [0.3, 0.4) is 0 Å². The molecule has 0 radical (unpaired) electrons. The van der Waals surface area contributed by atoms with Crippen molar-refractivity contribution in [3.8, 4) is 0 Å². The lowest BCUT2D eigenvalue weighted by molar-refractivity contribution is -0.137. The predicted molar refractivity (Wildman–Crippen MR) is 56.1 cm³/mol. The van der Waals surface area contributed by atoms with Gasteiger partial charge in [0.1, 0.15) is 6.04 Å². The van der Waals surface area contributed by atoms with Crippen LogP contribution in [-0.4, -0.2) is 22.9 Å². The van der Waals surface area contributed by atoms with Gasteiger partial charge in [-0.15, -0.1) is 11.3 Å². The lowest BCUT2D eigenvalue weighted by Crippen LogP contribution is -2.32. The molecule has 0 saturated heterocycles. The Kier molecular flexibility index (Phi) is 4.27. The van der Waals surface area contributed by atoms with E-state index in [1.807, 2.05) is 17.5 Å². The summed E-state index contributed by atoms with van der Waals surface area (Å²) >= 11 is 3.23. The third-order valence-electron chi connectivity index (χ3n) is 1.44. The molecule has 0 aliphatic heterocycles. The topological polar surface area (TPSA) is 63.3 Å². The van der Waals surface area contributed by atoms with Crippen LogP contribution in [0.2, 0.25) is 0 Å². The molecule has 1 atom stereocenters. The Morgan fingerprint density at radius 1 is 1.77 bits per heavy atom. The standard InChI is InChI=1S/C8H11NO2S2/c9-7(8(10)11)5-12-4-6-2-1-3-13-6/h1-3,7H,4-5,9H2,(H,10,11). The van der Waals surface area contributed by atoms with Gasteiger partial charge in [0.05, 0.1) is 0 Å². The number of hydrogen-bond donors (Lipinski definition) is 2. The van der Waals surface area contributed by atoms with Crippen molar-refractivity contribution in [3.63, 3.8) is 0 Å². The molecule has 72 valence electrons. The fourth-order valence-electron chi connectivity index (χ4n) is 0.752. The molecule has 1 aromatic rings. The molecule has 0 fully saturated rings. The van der Waals surface area contributed by atoms with Crippen LogP contribution in [-0.2, 0) is 10.5 Å². The number of carboxylic acid groups (broad SMARTS) is 1. The van der Waals surface area contributed by atoms with E-state index in [1.54, 1.807) is 23.1 Å². The van der Waals surface area contributed by atoms with Crippen molar-refractivity contribution >= 4 is 29.1 Å². The fourth-order valence-corrected chi connectivity index (χ4v) is 2.58. The maximum atomic E-state index is 10.4. The zero-order valence-corrected chi connectivity index (χ0v) is 8.61. The normalized spacial score (nSPS) is 12.7. The molecule has 0 spiro atoms. The summed E-state index contributed by atoms with van der Waals surface area (Å²) < 4.78 is 0. The highest BCUT2D eigenvalue weighted by Crippen LogP contribution is 2.17. The van der Waals surface area contributed by atoms with Crippen molar-refractivity contribution in [3.05, 3.63) is 22.4 Å². The lowest BCUT2D eigenvalue weighted by atomic mass is 10.4. The van der Waals surface area contributed by atoms with Gasteiger partial charge in [-0.2, -0.15) is 11.8 Å². The average molecular weight is 217 g/mol. The number of aliphatic carboxylic acids is 1. The molecule has 13 heavy (non-hydrogen) atoms. The van der Waals surface area contributed by atoms with Crippen molar-refractivity contribution in [2.75, 3.05) is 5.75 Å². The number of carbonyl (C=O) groups is 1. The Balaban J connectivity index is 2.18. The highest BCUT2D eigenvalue weighted by molar-refractivity contribution is 7.98. The second-order valence-corrected chi connectivity index (χ2v) is 4.60. The molecule has 0 saturated carbocycles. The minimum Gasteiger partial charge on any atom is -0.480 e. The molecule has 0 aliphatic rings. The molecule has 1 aromatic heterocycles. The van der Waals surface area contributed by atoms with E-state index in [0.717, 1.165) is 5.75 Å². The van der Waals surface area contributed by atoms with Crippen LogP contribution in [0.5, 0.6) is 0 Å². The Bertz CT molecular complexity index is 261. The van der Waals surface area contributed by atoms with Gasteiger partial charge in [-0.3, -0.25) is 4.79 Å². The smallest absolute Gasteiger partial charge is 0.321 e. The van der Waals surface area contributed by atoms with Crippen molar-refractivity contribution < 1.29 is 9.90 Å². The number of nitrogens with two attached hydrogens (primary N) is 1. The molecule has 3 N–H and O–H groups in total. The van der Waals surface area contributed by atoms with E-state index in [2.05, 4.69) is 0 Å². The van der Waals surface area contributed by atoms with E-state index in [9.17, 15) is 4.79 Å². The third kappa shape index (κ3) is 3.80. The molecule has 1 heterocycles. The Morgan fingerprint density at radius 3 is 3.08 bits per heavy atom. The van der Waals surface area contributed by atoms with Gasteiger partial charge in [0, 0.05) is 16.4 Å². The van der Waals surface area contributed by atoms with Crippen LogP contribution in [0, 0.1) is 0 Å². The van der Waals surface area contributed by atoms with Gasteiger partial charge in [-0.05, 0) is 11.4 Å². The first-order valence-electron chi connectivity index (χ1n) is 3.78. The molecular formula is C8H11NO2S2. The first-order valence-corrected chi connectivity index (χ1v) is 5.82. The maximum Gasteiger partial charge on any atom is 0.321 e. The van der Waals surface area contributed by atoms with Crippen molar-refractivity contribution in [2.45, 2.75) is 11.8 Å². The number of carboxylic acids is 1. The van der Waals surface area contributed by atoms with Gasteiger partial charge in [0.15, 0.2) is 0 Å². The summed E-state index contributed by atoms with van der Waals surface area (Å²) in [6, 6.07) is 3.27. The SMILES string of the molecule is NC(CSCc1cccs1)C(=O)O. The Labute approximate surface area is 85.0 Å². The van der Waals surface area contributed by atoms with Gasteiger partial charge >= 0.3 is 5.97 Å². The summed E-state index contributed by atoms with van der Waals surface area (Å²) in [7, 11) is 0. The van der Waals surface area contributed by atoms with Crippen molar-refractivity contribution in [1.82, 2.24) is 0 Å². The van der Waals surface area contributed by atoms with Crippen LogP contribution < -0.4 is 5.73 Å². The summed E-state index contributed by atoms with van der Waals surface area (Å²) in [5.74, 6) is 0.380. The molecule has 3 nitrogen and oxygen atoms in total. The van der Waals surface area contributed by atoms with Crippen molar-refractivity contribution in [1.29, 1.82) is 0 Å². The zero-order chi connectivity index (χ0) is 9.68. The molecule has 0 aromatic carbocycles. The van der Waals surface area contributed by atoms with Crippen LogP contribution in [0.4, 0.5) is 0 Å². The summed E-state index contributed by atoms with van der Waals surface area (Å²) in [6.45, 7) is 0. The molecule has 1 rings (SSSR count). The maximum absolute atomic E-state index is 10.4. The highest BCUT2D eigenvalue weighted by Gasteiger charge is 2.10. The quantitative estimate of drug-likeness (QED) is 0.782. The van der Waals surface area contributed by atoms with E-state index < -0.39 is 12.0 Å². The lowest BCUT2D eigenvalue weighted by Gasteiger charge is -2.04. The summed E-state index contributed by atoms with van der Waals surface area (Å²) in [4.78, 5) is 11.6. The summed E-state index contributed by atoms with van der Waals surface area (Å²) in [5.41, 5.74) is 5.34. The van der Waals surface area contributed by atoms with Crippen molar-refractivity contribution in [2.24, 2.45) is 5.73 Å². The van der Waals surface area contributed by atoms with Gasteiger partial charge in [-0.1, -0.05) is 6.07 Å². The molecular weight excluding hydrogens is 206 g/mol. The van der Waals surface area contributed by atoms with Crippen LogP contribution in [0.1, 0.15) is 4.88 Å². The Hall–Kier alpha value is -0.520. The van der Waals surface area contributed by atoms with E-state index in [4.69, 9.17) is 10.8 Å². The van der Waals surface area contributed by atoms with Crippen LogP contribution >= 0.6 is 23.1 Å². The first kappa shape index (κ1) is 10.6. The van der Waals surface area contributed by atoms with E-state index in [1.165, 1.54) is 4.88 Å². The average Bonchev–Trinajstić information content (AvgIpc) is 2.56. The van der Waals surface area contributed by atoms with E-state index in [-0.39, 0.29) is 0 Å². The molecule has 0 bridgehead atoms. The number of rotatable bonds is 5. The Morgan fingerprint density at radius 2 is 2.54 bits per heavy atom. The number of thiophene rings is 1. The first-order chi connectivity index (χ1) is 6.20. The van der Waals surface area contributed by atoms with Crippen LogP contribution in [0.15, 0.2) is 17.5 Å². The monoisotopic (exact) mass is 217 g/mol. The predicted octanol–water partition coefficient (Wildman–Crippen LogP) is 1.39. The highest BCUT2D eigenvalue weighted by atomic mass is 32.2. The minimum absolute atomic E-state index is 0.466. The fraction of sp³-hybridized carbons (Fsp3) is 0.375. The minimum atomic E-state index is -0.932. The van der Waals surface area contributed by atoms with E-state index in [0.29, 0.717) is 5.75 Å². The van der Waals surface area contributed by atoms with Gasteiger partial charge in [0.2, 0.25) is 0 Å². The summed E-state index contributed by atoms with van der Waals surface area (Å²) in [5, 5.41) is 10.5. The zero-order valence-electron chi connectivity index (χ0n) is 6.97. The molecule has 5 heteroatoms. The molecule has 1 unspecified atom stereocenters.